The summed E-state index contributed by atoms with van der Waals surface area (Å²) in [6, 6.07) is 7.91. The molecule has 1 aliphatic rings. The monoisotopic (exact) mass is 457 g/mol. The minimum atomic E-state index is -3.92. The number of carbonyl (C=O) groups is 1. The zero-order valence-electron chi connectivity index (χ0n) is 13.0. The Bertz CT molecular complexity index is 1020. The van der Waals surface area contributed by atoms with Gasteiger partial charge in [-0.3, -0.25) is 0 Å². The molecule has 2 aromatic rings. The third-order valence-corrected chi connectivity index (χ3v) is 6.04. The van der Waals surface area contributed by atoms with Crippen molar-refractivity contribution in [3.63, 3.8) is 0 Å². The zero-order valence-corrected chi connectivity index (χ0v) is 16.2. The third-order valence-electron chi connectivity index (χ3n) is 3.71. The number of fused-ring (bicyclic) bond motifs is 1. The van der Waals surface area contributed by atoms with E-state index in [1.165, 1.54) is 36.4 Å². The van der Waals surface area contributed by atoms with Crippen LogP contribution in [0.25, 0.3) is 0 Å². The molecule has 0 bridgehead atoms. The number of carboxylic acid groups (broad SMARTS) is 1. The van der Waals surface area contributed by atoms with Gasteiger partial charge in [0.25, 0.3) is 0 Å². The van der Waals surface area contributed by atoms with Crippen molar-refractivity contribution in [2.24, 2.45) is 0 Å². The Kier molecular flexibility index (Phi) is 4.98. The van der Waals surface area contributed by atoms with Crippen molar-refractivity contribution in [2.75, 3.05) is 11.1 Å². The summed E-state index contributed by atoms with van der Waals surface area (Å²) >= 11 is 9.36. The maximum Gasteiger partial charge on any atom is 0.352 e. The topological polar surface area (TPSA) is 122 Å². The SMILES string of the molecule is Nc1ccc(S(=O)(=O)NC2C=C(C(=O)O)Nc3cc(Cl)cc(Br)c32)cc1. The number of hydrogen-bond donors (Lipinski definition) is 4. The molecule has 0 spiro atoms. The van der Waals surface area contributed by atoms with Gasteiger partial charge >= 0.3 is 5.97 Å². The van der Waals surface area contributed by atoms with Crippen molar-refractivity contribution in [1.29, 1.82) is 0 Å². The molecule has 0 saturated carbocycles. The minimum absolute atomic E-state index is 0.0159. The number of carboxylic acids is 1. The van der Waals surface area contributed by atoms with Crippen LogP contribution in [0.15, 0.2) is 57.5 Å². The van der Waals surface area contributed by atoms with E-state index in [0.29, 0.717) is 26.4 Å². The molecule has 136 valence electrons. The lowest BCUT2D eigenvalue weighted by Gasteiger charge is -2.26. The number of hydrogen-bond acceptors (Lipinski definition) is 5. The highest BCUT2D eigenvalue weighted by molar-refractivity contribution is 9.10. The van der Waals surface area contributed by atoms with Crippen LogP contribution in [0.2, 0.25) is 5.02 Å². The van der Waals surface area contributed by atoms with Gasteiger partial charge in [0.15, 0.2) is 0 Å². The molecular formula is C16H13BrClN3O4S. The summed E-state index contributed by atoms with van der Waals surface area (Å²) in [6.07, 6.45) is 1.29. The fourth-order valence-electron chi connectivity index (χ4n) is 2.54. The summed E-state index contributed by atoms with van der Waals surface area (Å²) in [5.41, 5.74) is 6.79. The summed E-state index contributed by atoms with van der Waals surface area (Å²) in [5, 5.41) is 12.4. The van der Waals surface area contributed by atoms with Crippen LogP contribution in [0.4, 0.5) is 11.4 Å². The fourth-order valence-corrected chi connectivity index (χ4v) is 4.75. The minimum Gasteiger partial charge on any atom is -0.477 e. The van der Waals surface area contributed by atoms with E-state index in [0.717, 1.165) is 0 Å². The maximum absolute atomic E-state index is 12.7. The molecule has 5 N–H and O–H groups in total. The van der Waals surface area contributed by atoms with E-state index in [4.69, 9.17) is 17.3 Å². The van der Waals surface area contributed by atoms with Crippen LogP contribution in [0.5, 0.6) is 0 Å². The number of nitrogen functional groups attached to an aromatic ring is 1. The number of halogens is 2. The van der Waals surface area contributed by atoms with Crippen molar-refractivity contribution in [3.8, 4) is 0 Å². The van der Waals surface area contributed by atoms with E-state index in [1.807, 2.05) is 0 Å². The lowest BCUT2D eigenvalue weighted by molar-refractivity contribution is -0.132. The van der Waals surface area contributed by atoms with E-state index in [2.05, 4.69) is 26.0 Å². The van der Waals surface area contributed by atoms with Gasteiger partial charge in [0.1, 0.15) is 5.70 Å². The number of nitrogens with one attached hydrogen (secondary N) is 2. The van der Waals surface area contributed by atoms with E-state index in [1.54, 1.807) is 6.07 Å². The molecule has 1 atom stereocenters. The van der Waals surface area contributed by atoms with Gasteiger partial charge in [-0.2, -0.15) is 4.72 Å². The standard InChI is InChI=1S/C16H13BrClN3O4S/c17-11-5-8(18)6-12-15(11)13(7-14(20-12)16(22)23)21-26(24,25)10-3-1-9(19)2-4-10/h1-7,13,20-21H,19H2,(H,22,23). The molecule has 0 amide bonds. The first-order chi connectivity index (χ1) is 12.2. The fraction of sp³-hybridized carbons (Fsp3) is 0.0625. The lowest BCUT2D eigenvalue weighted by Crippen LogP contribution is -2.32. The van der Waals surface area contributed by atoms with Crippen molar-refractivity contribution >= 4 is 54.9 Å². The molecule has 1 heterocycles. The highest BCUT2D eigenvalue weighted by Crippen LogP contribution is 2.39. The summed E-state index contributed by atoms with van der Waals surface area (Å²) in [7, 11) is -3.92. The molecule has 1 unspecified atom stereocenters. The summed E-state index contributed by atoms with van der Waals surface area (Å²) < 4.78 is 28.4. The number of benzene rings is 2. The van der Waals surface area contributed by atoms with Crippen LogP contribution in [0, 0.1) is 0 Å². The average molecular weight is 459 g/mol. The van der Waals surface area contributed by atoms with Gasteiger partial charge in [-0.05, 0) is 42.5 Å². The zero-order chi connectivity index (χ0) is 19.1. The molecule has 10 heteroatoms. The molecule has 7 nitrogen and oxygen atoms in total. The molecule has 0 fully saturated rings. The Balaban J connectivity index is 2.06. The van der Waals surface area contributed by atoms with Crippen molar-refractivity contribution in [2.45, 2.75) is 10.9 Å². The molecule has 0 aromatic heterocycles. The maximum atomic E-state index is 12.7. The first kappa shape index (κ1) is 18.7. The van der Waals surface area contributed by atoms with E-state index >= 15 is 0 Å². The predicted molar refractivity (Wildman–Crippen MR) is 102 cm³/mol. The normalized spacial score (nSPS) is 16.4. The molecule has 3 rings (SSSR count). The summed E-state index contributed by atoms with van der Waals surface area (Å²) in [6.45, 7) is 0. The van der Waals surface area contributed by atoms with Crippen LogP contribution in [-0.2, 0) is 14.8 Å². The Morgan fingerprint density at radius 1 is 1.27 bits per heavy atom. The van der Waals surface area contributed by atoms with Gasteiger partial charge in [-0.1, -0.05) is 27.5 Å². The smallest absolute Gasteiger partial charge is 0.352 e. The van der Waals surface area contributed by atoms with Gasteiger partial charge in [0.05, 0.1) is 10.9 Å². The Morgan fingerprint density at radius 3 is 2.54 bits per heavy atom. The third kappa shape index (κ3) is 3.70. The van der Waals surface area contributed by atoms with Crippen molar-refractivity contribution in [3.05, 3.63) is 63.2 Å². The molecule has 0 radical (unpaired) electrons. The van der Waals surface area contributed by atoms with Gasteiger partial charge < -0.3 is 16.2 Å². The molecule has 26 heavy (non-hydrogen) atoms. The highest BCUT2D eigenvalue weighted by Gasteiger charge is 2.29. The Morgan fingerprint density at radius 2 is 1.92 bits per heavy atom. The summed E-state index contributed by atoms with van der Waals surface area (Å²) in [4.78, 5) is 11.4. The molecular weight excluding hydrogens is 446 g/mol. The van der Waals surface area contributed by atoms with E-state index in [-0.39, 0.29) is 10.6 Å². The second kappa shape index (κ2) is 6.92. The Hall–Kier alpha value is -2.07. The van der Waals surface area contributed by atoms with Crippen molar-refractivity contribution in [1.82, 2.24) is 4.72 Å². The van der Waals surface area contributed by atoms with E-state index in [9.17, 15) is 18.3 Å². The number of anilines is 2. The van der Waals surface area contributed by atoms with Gasteiger partial charge in [-0.25, -0.2) is 13.2 Å². The first-order valence-corrected chi connectivity index (χ1v) is 9.92. The Labute approximate surface area is 163 Å². The van der Waals surface area contributed by atoms with Crippen LogP contribution in [-0.4, -0.2) is 19.5 Å². The lowest BCUT2D eigenvalue weighted by atomic mass is 10.0. The molecule has 0 saturated heterocycles. The predicted octanol–water partition coefficient (Wildman–Crippen LogP) is 3.10. The van der Waals surface area contributed by atoms with Crippen molar-refractivity contribution < 1.29 is 18.3 Å². The van der Waals surface area contributed by atoms with Crippen LogP contribution in [0.3, 0.4) is 0 Å². The van der Waals surface area contributed by atoms with Gasteiger partial charge in [-0.15, -0.1) is 0 Å². The van der Waals surface area contributed by atoms with Gasteiger partial charge in [0, 0.05) is 26.4 Å². The number of rotatable bonds is 4. The molecule has 2 aromatic carbocycles. The van der Waals surface area contributed by atoms with Gasteiger partial charge in [0.2, 0.25) is 10.0 Å². The number of aliphatic carboxylic acids is 1. The van der Waals surface area contributed by atoms with Crippen LogP contribution in [0.1, 0.15) is 11.6 Å². The largest absolute Gasteiger partial charge is 0.477 e. The second-order valence-electron chi connectivity index (χ2n) is 5.53. The van der Waals surface area contributed by atoms with Crippen LogP contribution >= 0.6 is 27.5 Å². The quantitative estimate of drug-likeness (QED) is 0.522. The van der Waals surface area contributed by atoms with Crippen LogP contribution < -0.4 is 15.8 Å². The molecule has 1 aliphatic heterocycles. The molecule has 0 aliphatic carbocycles. The number of nitrogens with two attached hydrogens (primary N) is 1. The second-order valence-corrected chi connectivity index (χ2v) is 8.53. The van der Waals surface area contributed by atoms with E-state index < -0.39 is 22.0 Å². The average Bonchev–Trinajstić information content (AvgIpc) is 2.53. The highest BCUT2D eigenvalue weighted by atomic mass is 79.9. The number of sulfonamides is 1. The summed E-state index contributed by atoms with van der Waals surface area (Å²) in [5.74, 6) is -1.22. The first-order valence-electron chi connectivity index (χ1n) is 7.26.